The molecular formula is C21H36O2Si. The molecule has 1 aliphatic heterocycles. The van der Waals surface area contributed by atoms with Crippen molar-refractivity contribution in [3.63, 3.8) is 0 Å². The normalized spacial score (nSPS) is 24.5. The lowest BCUT2D eigenvalue weighted by Crippen LogP contribution is -2.60. The largest absolute Gasteiger partial charge is 0.409 e. The summed E-state index contributed by atoms with van der Waals surface area (Å²) in [6, 6.07) is 10.9. The summed E-state index contributed by atoms with van der Waals surface area (Å²) < 4.78 is 12.9. The zero-order valence-corrected chi connectivity index (χ0v) is 17.6. The first kappa shape index (κ1) is 19.7. The smallest absolute Gasteiger partial charge is 0.232 e. The molecule has 2 rings (SSSR count). The Morgan fingerprint density at radius 1 is 1.12 bits per heavy atom. The average molecular weight is 349 g/mol. The molecule has 1 aromatic rings. The molecule has 1 saturated heterocycles. The second-order valence-electron chi connectivity index (χ2n) is 9.01. The Labute approximate surface area is 150 Å². The lowest BCUT2D eigenvalue weighted by molar-refractivity contribution is 0.0594. The fourth-order valence-electron chi connectivity index (χ4n) is 4.32. The fraction of sp³-hybridized carbons (Fsp3) is 0.714. The van der Waals surface area contributed by atoms with E-state index in [1.54, 1.807) is 0 Å². The van der Waals surface area contributed by atoms with Crippen LogP contribution in [-0.2, 0) is 9.16 Å². The van der Waals surface area contributed by atoms with E-state index in [0.29, 0.717) is 17.4 Å². The summed E-state index contributed by atoms with van der Waals surface area (Å²) in [6.45, 7) is 17.9. The number of benzene rings is 1. The molecule has 0 saturated carbocycles. The molecule has 1 aliphatic rings. The summed E-state index contributed by atoms with van der Waals surface area (Å²) in [4.78, 5) is 0. The summed E-state index contributed by atoms with van der Waals surface area (Å²) in [7, 11) is -2.15. The minimum atomic E-state index is -2.15. The van der Waals surface area contributed by atoms with Crippen molar-refractivity contribution < 1.29 is 9.16 Å². The Morgan fingerprint density at radius 2 is 1.75 bits per heavy atom. The fourth-order valence-corrected chi connectivity index (χ4v) is 9.66. The molecule has 1 heterocycles. The van der Waals surface area contributed by atoms with Gasteiger partial charge in [0.2, 0.25) is 8.32 Å². The molecule has 0 aliphatic carbocycles. The van der Waals surface area contributed by atoms with Crippen LogP contribution < -0.4 is 5.19 Å². The molecule has 1 fully saturated rings. The third kappa shape index (κ3) is 3.95. The van der Waals surface area contributed by atoms with Crippen molar-refractivity contribution in [2.24, 2.45) is 11.8 Å². The highest BCUT2D eigenvalue weighted by atomic mass is 28.4. The second kappa shape index (κ2) is 7.71. The summed E-state index contributed by atoms with van der Waals surface area (Å²) in [5.41, 5.74) is 0.516. The van der Waals surface area contributed by atoms with E-state index in [1.165, 1.54) is 5.19 Å². The number of ether oxygens (including phenoxy) is 1. The predicted octanol–water partition coefficient (Wildman–Crippen LogP) is 5.13. The van der Waals surface area contributed by atoms with Gasteiger partial charge in [-0.25, -0.2) is 0 Å². The van der Waals surface area contributed by atoms with E-state index in [2.05, 4.69) is 78.8 Å². The van der Waals surface area contributed by atoms with Gasteiger partial charge in [0.15, 0.2) is 0 Å². The van der Waals surface area contributed by atoms with E-state index in [9.17, 15) is 0 Å². The first-order valence-corrected chi connectivity index (χ1v) is 11.5. The first-order valence-electron chi connectivity index (χ1n) is 9.49. The molecule has 24 heavy (non-hydrogen) atoms. The van der Waals surface area contributed by atoms with Gasteiger partial charge in [0.05, 0.1) is 19.3 Å². The maximum absolute atomic E-state index is 6.87. The topological polar surface area (TPSA) is 18.5 Å². The molecule has 0 radical (unpaired) electrons. The molecule has 136 valence electrons. The highest BCUT2D eigenvalue weighted by Crippen LogP contribution is 2.44. The van der Waals surface area contributed by atoms with Gasteiger partial charge in [-0.2, -0.15) is 0 Å². The minimum absolute atomic E-state index is 0.137. The van der Waals surface area contributed by atoms with E-state index in [0.717, 1.165) is 19.6 Å². The molecule has 1 aromatic carbocycles. The Balaban J connectivity index is 2.21. The molecule has 1 unspecified atom stereocenters. The van der Waals surface area contributed by atoms with Gasteiger partial charge in [-0.1, -0.05) is 78.8 Å². The van der Waals surface area contributed by atoms with Crippen molar-refractivity contribution in [1.29, 1.82) is 0 Å². The van der Waals surface area contributed by atoms with Crippen molar-refractivity contribution in [3.8, 4) is 0 Å². The van der Waals surface area contributed by atoms with Gasteiger partial charge in [0.25, 0.3) is 0 Å². The third-order valence-electron chi connectivity index (χ3n) is 5.68. The summed E-state index contributed by atoms with van der Waals surface area (Å²) in [5.74, 6) is 1.37. The highest BCUT2D eigenvalue weighted by molar-refractivity contribution is 6.90. The molecule has 0 bridgehead atoms. The van der Waals surface area contributed by atoms with Gasteiger partial charge in [-0.3, -0.25) is 0 Å². The molecule has 2 nitrogen and oxygen atoms in total. The van der Waals surface area contributed by atoms with E-state index in [1.807, 2.05) is 0 Å². The number of hydrogen-bond acceptors (Lipinski definition) is 2. The van der Waals surface area contributed by atoms with Gasteiger partial charge < -0.3 is 9.16 Å². The number of rotatable bonds is 6. The van der Waals surface area contributed by atoms with E-state index in [4.69, 9.17) is 9.16 Å². The van der Waals surface area contributed by atoms with E-state index >= 15 is 0 Å². The minimum Gasteiger partial charge on any atom is -0.409 e. The molecular weight excluding hydrogens is 312 g/mol. The first-order chi connectivity index (χ1) is 11.2. The Bertz CT molecular complexity index is 506. The van der Waals surface area contributed by atoms with Gasteiger partial charge in [-0.05, 0) is 34.0 Å². The average Bonchev–Trinajstić information content (AvgIpc) is 2.96. The molecule has 0 N–H and O–H groups in total. The van der Waals surface area contributed by atoms with Gasteiger partial charge >= 0.3 is 0 Å². The molecule has 0 spiro atoms. The second-order valence-corrected chi connectivity index (χ2v) is 14.0. The van der Waals surface area contributed by atoms with Gasteiger partial charge in [-0.15, -0.1) is 0 Å². The monoisotopic (exact) mass is 348 g/mol. The van der Waals surface area contributed by atoms with Crippen LogP contribution in [0.4, 0.5) is 0 Å². The summed E-state index contributed by atoms with van der Waals surface area (Å²) >= 11 is 0. The quantitative estimate of drug-likeness (QED) is 0.664. The summed E-state index contributed by atoms with van der Waals surface area (Å²) in [6.07, 6.45) is 1.40. The van der Waals surface area contributed by atoms with Crippen LogP contribution in [0.25, 0.3) is 0 Å². The van der Waals surface area contributed by atoms with Crippen molar-refractivity contribution in [3.05, 3.63) is 30.3 Å². The molecule has 0 aromatic heterocycles. The van der Waals surface area contributed by atoms with Gasteiger partial charge in [0, 0.05) is 0 Å². The number of hydrogen-bond donors (Lipinski definition) is 0. The van der Waals surface area contributed by atoms with Gasteiger partial charge in [0.1, 0.15) is 0 Å². The van der Waals surface area contributed by atoms with Crippen LogP contribution >= 0.6 is 0 Å². The van der Waals surface area contributed by atoms with Crippen molar-refractivity contribution >= 4 is 13.5 Å². The highest BCUT2D eigenvalue weighted by Gasteiger charge is 2.51. The van der Waals surface area contributed by atoms with Crippen molar-refractivity contribution in [2.75, 3.05) is 13.2 Å². The van der Waals surface area contributed by atoms with Crippen LogP contribution in [0.5, 0.6) is 0 Å². The Hall–Kier alpha value is -0.643. The van der Waals surface area contributed by atoms with Crippen LogP contribution in [0.1, 0.15) is 54.9 Å². The Morgan fingerprint density at radius 3 is 2.21 bits per heavy atom. The van der Waals surface area contributed by atoms with Crippen molar-refractivity contribution in [2.45, 2.75) is 71.6 Å². The third-order valence-corrected chi connectivity index (χ3v) is 11.3. The van der Waals surface area contributed by atoms with Crippen LogP contribution in [0.3, 0.4) is 0 Å². The lowest BCUT2D eigenvalue weighted by atomic mass is 9.94. The predicted molar refractivity (Wildman–Crippen MR) is 105 cm³/mol. The maximum Gasteiger partial charge on any atom is 0.232 e. The van der Waals surface area contributed by atoms with E-state index in [-0.39, 0.29) is 11.1 Å². The molecule has 0 amide bonds. The Kier molecular flexibility index (Phi) is 6.33. The lowest BCUT2D eigenvalue weighted by Gasteiger charge is -2.46. The zero-order chi connectivity index (χ0) is 18.0. The zero-order valence-electron chi connectivity index (χ0n) is 16.6. The molecule has 3 atom stereocenters. The van der Waals surface area contributed by atoms with Crippen LogP contribution in [-0.4, -0.2) is 27.6 Å². The van der Waals surface area contributed by atoms with Crippen molar-refractivity contribution in [1.82, 2.24) is 0 Å². The van der Waals surface area contributed by atoms with Crippen LogP contribution in [0.15, 0.2) is 30.3 Å². The summed E-state index contributed by atoms with van der Waals surface area (Å²) in [5, 5.41) is 1.55. The SMILES string of the molecule is CC(C)[C@@H]1CO[C@H](CO[Si](c2ccccc2)(C(C)C)C(C)(C)C)C1. The maximum atomic E-state index is 6.87. The van der Waals surface area contributed by atoms with E-state index < -0.39 is 8.32 Å². The van der Waals surface area contributed by atoms with Crippen LogP contribution in [0.2, 0.25) is 10.6 Å². The standard InChI is InChI=1S/C21H36O2Si/c1-16(2)18-13-19(22-14-18)15-23-24(17(3)4,21(5,6)7)20-11-9-8-10-12-20/h8-12,16-19H,13-15H2,1-7H3/t18-,19-,24?/m0/s1. The molecule has 3 heteroatoms. The van der Waals surface area contributed by atoms with Crippen LogP contribution in [0, 0.1) is 11.8 Å².